The van der Waals surface area contributed by atoms with Crippen LogP contribution in [0.1, 0.15) is 29.9 Å². The second kappa shape index (κ2) is 4.98. The molecule has 2 heterocycles. The molecule has 4 nitrogen and oxygen atoms in total. The SMILES string of the molecule is Clc1nc2c(c(NCc3ccco3)n1)CCCC2. The van der Waals surface area contributed by atoms with Gasteiger partial charge in [0.2, 0.25) is 5.28 Å². The number of halogens is 1. The lowest BCUT2D eigenvalue weighted by atomic mass is 9.96. The van der Waals surface area contributed by atoms with Gasteiger partial charge in [0.05, 0.1) is 18.5 Å². The predicted octanol–water partition coefficient (Wildman–Crippen LogP) is 3.21. The summed E-state index contributed by atoms with van der Waals surface area (Å²) in [4.78, 5) is 8.60. The summed E-state index contributed by atoms with van der Waals surface area (Å²) in [6, 6.07) is 3.81. The second-order valence-electron chi connectivity index (χ2n) is 4.41. The highest BCUT2D eigenvalue weighted by molar-refractivity contribution is 6.28. The molecule has 0 amide bonds. The van der Waals surface area contributed by atoms with Crippen molar-refractivity contribution < 1.29 is 4.42 Å². The van der Waals surface area contributed by atoms with E-state index >= 15 is 0 Å². The number of rotatable bonds is 3. The third-order valence-corrected chi connectivity index (χ3v) is 3.34. The molecule has 0 fully saturated rings. The highest BCUT2D eigenvalue weighted by atomic mass is 35.5. The number of anilines is 1. The quantitative estimate of drug-likeness (QED) is 0.864. The number of nitrogens with one attached hydrogen (secondary N) is 1. The molecule has 94 valence electrons. The van der Waals surface area contributed by atoms with E-state index in [9.17, 15) is 0 Å². The number of hydrogen-bond acceptors (Lipinski definition) is 4. The number of aryl methyl sites for hydroxylation is 1. The van der Waals surface area contributed by atoms with Crippen molar-refractivity contribution in [2.75, 3.05) is 5.32 Å². The van der Waals surface area contributed by atoms with Crippen LogP contribution >= 0.6 is 11.6 Å². The predicted molar refractivity (Wildman–Crippen MR) is 69.7 cm³/mol. The van der Waals surface area contributed by atoms with E-state index in [4.69, 9.17) is 16.0 Å². The van der Waals surface area contributed by atoms with Gasteiger partial charge < -0.3 is 9.73 Å². The van der Waals surface area contributed by atoms with Gasteiger partial charge in [-0.3, -0.25) is 0 Å². The molecule has 0 unspecified atom stereocenters. The first-order valence-corrected chi connectivity index (χ1v) is 6.52. The van der Waals surface area contributed by atoms with Crippen LogP contribution < -0.4 is 5.32 Å². The average molecular weight is 264 g/mol. The van der Waals surface area contributed by atoms with Crippen LogP contribution in [0.4, 0.5) is 5.82 Å². The molecule has 5 heteroatoms. The van der Waals surface area contributed by atoms with Gasteiger partial charge in [-0.05, 0) is 49.4 Å². The minimum atomic E-state index is 0.317. The normalized spacial score (nSPS) is 14.3. The van der Waals surface area contributed by atoms with Crippen LogP contribution in [0.3, 0.4) is 0 Å². The minimum absolute atomic E-state index is 0.317. The van der Waals surface area contributed by atoms with Gasteiger partial charge >= 0.3 is 0 Å². The summed E-state index contributed by atoms with van der Waals surface area (Å²) >= 11 is 5.96. The Labute approximate surface area is 110 Å². The first kappa shape index (κ1) is 11.5. The summed E-state index contributed by atoms with van der Waals surface area (Å²) in [5.41, 5.74) is 2.29. The molecule has 0 saturated carbocycles. The lowest BCUT2D eigenvalue weighted by Crippen LogP contribution is -2.12. The molecule has 18 heavy (non-hydrogen) atoms. The molecule has 0 atom stereocenters. The molecule has 0 aromatic carbocycles. The first-order valence-electron chi connectivity index (χ1n) is 6.14. The monoisotopic (exact) mass is 263 g/mol. The lowest BCUT2D eigenvalue weighted by Gasteiger charge is -2.18. The molecular formula is C13H14ClN3O. The smallest absolute Gasteiger partial charge is 0.224 e. The van der Waals surface area contributed by atoms with Crippen LogP contribution in [-0.4, -0.2) is 9.97 Å². The topological polar surface area (TPSA) is 51.0 Å². The summed E-state index contributed by atoms with van der Waals surface area (Å²) in [7, 11) is 0. The summed E-state index contributed by atoms with van der Waals surface area (Å²) in [6.07, 6.45) is 6.05. The lowest BCUT2D eigenvalue weighted by molar-refractivity contribution is 0.517. The van der Waals surface area contributed by atoms with Crippen LogP contribution in [0.15, 0.2) is 22.8 Å². The Morgan fingerprint density at radius 1 is 1.28 bits per heavy atom. The molecule has 0 spiro atoms. The third kappa shape index (κ3) is 2.34. The summed E-state index contributed by atoms with van der Waals surface area (Å²) in [5, 5.41) is 3.60. The highest BCUT2D eigenvalue weighted by Crippen LogP contribution is 2.26. The zero-order valence-electron chi connectivity index (χ0n) is 9.95. The van der Waals surface area contributed by atoms with Gasteiger partial charge in [0, 0.05) is 5.56 Å². The van der Waals surface area contributed by atoms with Gasteiger partial charge in [-0.15, -0.1) is 0 Å². The Bertz CT molecular complexity index is 539. The molecular weight excluding hydrogens is 250 g/mol. The maximum absolute atomic E-state index is 5.96. The molecule has 0 saturated heterocycles. The number of aromatic nitrogens is 2. The Balaban J connectivity index is 1.84. The molecule has 1 N–H and O–H groups in total. The Kier molecular flexibility index (Phi) is 3.19. The van der Waals surface area contributed by atoms with Gasteiger partial charge in [-0.2, -0.15) is 0 Å². The minimum Gasteiger partial charge on any atom is -0.467 e. The van der Waals surface area contributed by atoms with Crippen molar-refractivity contribution in [3.8, 4) is 0 Å². The fourth-order valence-electron chi connectivity index (χ4n) is 2.29. The highest BCUT2D eigenvalue weighted by Gasteiger charge is 2.17. The van der Waals surface area contributed by atoms with Gasteiger partial charge in [0.15, 0.2) is 0 Å². The van der Waals surface area contributed by atoms with Crippen LogP contribution in [0.2, 0.25) is 5.28 Å². The molecule has 1 aliphatic rings. The van der Waals surface area contributed by atoms with Crippen LogP contribution in [0, 0.1) is 0 Å². The van der Waals surface area contributed by atoms with Gasteiger partial charge in [0.25, 0.3) is 0 Å². The van der Waals surface area contributed by atoms with Crippen molar-refractivity contribution in [3.05, 3.63) is 40.7 Å². The van der Waals surface area contributed by atoms with Gasteiger partial charge in [0.1, 0.15) is 11.6 Å². The number of nitrogens with zero attached hydrogens (tertiary/aromatic N) is 2. The van der Waals surface area contributed by atoms with E-state index in [0.717, 1.165) is 30.1 Å². The standard InChI is InChI=1S/C13H14ClN3O/c14-13-16-11-6-2-1-5-10(11)12(17-13)15-8-9-4-3-7-18-9/h3-4,7H,1-2,5-6,8H2,(H,15,16,17). The van der Waals surface area contributed by atoms with Gasteiger partial charge in [-0.1, -0.05) is 0 Å². The van der Waals surface area contributed by atoms with E-state index in [1.807, 2.05) is 12.1 Å². The molecule has 0 bridgehead atoms. The van der Waals surface area contributed by atoms with E-state index in [1.165, 1.54) is 18.4 Å². The van der Waals surface area contributed by atoms with E-state index in [1.54, 1.807) is 6.26 Å². The largest absolute Gasteiger partial charge is 0.467 e. The second-order valence-corrected chi connectivity index (χ2v) is 4.74. The van der Waals surface area contributed by atoms with E-state index in [2.05, 4.69) is 15.3 Å². The molecule has 0 aliphatic heterocycles. The van der Waals surface area contributed by atoms with Crippen molar-refractivity contribution in [3.63, 3.8) is 0 Å². The molecule has 0 radical (unpaired) electrons. The maximum Gasteiger partial charge on any atom is 0.224 e. The van der Waals surface area contributed by atoms with Gasteiger partial charge in [-0.25, -0.2) is 9.97 Å². The van der Waals surface area contributed by atoms with Crippen LogP contribution in [0.25, 0.3) is 0 Å². The van der Waals surface area contributed by atoms with Crippen molar-refractivity contribution in [2.45, 2.75) is 32.2 Å². The molecule has 3 rings (SSSR count). The third-order valence-electron chi connectivity index (χ3n) is 3.17. The summed E-state index contributed by atoms with van der Waals surface area (Å²) in [5.74, 6) is 1.73. The fraction of sp³-hybridized carbons (Fsp3) is 0.385. The van der Waals surface area contributed by atoms with E-state index in [-0.39, 0.29) is 0 Å². The van der Waals surface area contributed by atoms with E-state index < -0.39 is 0 Å². The molecule has 1 aliphatic carbocycles. The zero-order chi connectivity index (χ0) is 12.4. The molecule has 2 aromatic rings. The van der Waals surface area contributed by atoms with Crippen molar-refractivity contribution in [2.24, 2.45) is 0 Å². The van der Waals surface area contributed by atoms with Crippen LogP contribution in [-0.2, 0) is 19.4 Å². The zero-order valence-corrected chi connectivity index (χ0v) is 10.7. The maximum atomic E-state index is 5.96. The number of fused-ring (bicyclic) bond motifs is 1. The Hall–Kier alpha value is -1.55. The average Bonchev–Trinajstić information content (AvgIpc) is 2.89. The Morgan fingerprint density at radius 3 is 3.00 bits per heavy atom. The Morgan fingerprint density at radius 2 is 2.17 bits per heavy atom. The molecule has 2 aromatic heterocycles. The van der Waals surface area contributed by atoms with Crippen molar-refractivity contribution >= 4 is 17.4 Å². The van der Waals surface area contributed by atoms with E-state index in [0.29, 0.717) is 11.8 Å². The fourth-order valence-corrected chi connectivity index (χ4v) is 2.48. The van der Waals surface area contributed by atoms with Crippen LogP contribution in [0.5, 0.6) is 0 Å². The van der Waals surface area contributed by atoms with Crippen molar-refractivity contribution in [1.82, 2.24) is 9.97 Å². The number of furan rings is 1. The summed E-state index contributed by atoms with van der Waals surface area (Å²) in [6.45, 7) is 0.618. The van der Waals surface area contributed by atoms with Crippen molar-refractivity contribution in [1.29, 1.82) is 0 Å². The first-order chi connectivity index (χ1) is 8.83. The summed E-state index contributed by atoms with van der Waals surface area (Å²) < 4.78 is 5.29. The number of hydrogen-bond donors (Lipinski definition) is 1.